The average molecular weight is 336 g/mol. The summed E-state index contributed by atoms with van der Waals surface area (Å²) in [6.45, 7) is -0.890. The van der Waals surface area contributed by atoms with Crippen LogP contribution in [-0.4, -0.2) is 20.3 Å². The largest absolute Gasteiger partial charge is 0.451 e. The van der Waals surface area contributed by atoms with E-state index in [-0.39, 0.29) is 9.25 Å². The van der Waals surface area contributed by atoms with Crippen molar-refractivity contribution in [3.63, 3.8) is 0 Å². The first-order chi connectivity index (χ1) is 10.6. The predicted octanol–water partition coefficient (Wildman–Crippen LogP) is 1.52. The minimum atomic E-state index is -4.87. The molecule has 0 aliphatic heterocycles. The van der Waals surface area contributed by atoms with Gasteiger partial charge in [-0.25, -0.2) is 18.3 Å². The fourth-order valence-electron chi connectivity index (χ4n) is 1.76. The number of benzene rings is 1. The van der Waals surface area contributed by atoms with Crippen LogP contribution in [0.1, 0.15) is 5.82 Å². The van der Waals surface area contributed by atoms with E-state index in [1.165, 1.54) is 0 Å². The molecule has 124 valence electrons. The zero-order chi connectivity index (χ0) is 17.4. The van der Waals surface area contributed by atoms with Crippen LogP contribution in [-0.2, 0) is 24.6 Å². The molecule has 1 N–H and O–H groups in total. The molecule has 1 heterocycles. The van der Waals surface area contributed by atoms with Crippen molar-refractivity contribution in [3.8, 4) is 0 Å². The molecule has 6 nitrogen and oxygen atoms in total. The van der Waals surface area contributed by atoms with Crippen molar-refractivity contribution in [1.82, 2.24) is 14.3 Å². The summed E-state index contributed by atoms with van der Waals surface area (Å²) in [5, 5.41) is 4.97. The molecule has 0 spiro atoms. The Bertz CT molecular complexity index is 809. The maximum absolute atomic E-state index is 13.4. The highest BCUT2D eigenvalue weighted by molar-refractivity contribution is 5.90. The Balaban J connectivity index is 2.21. The molecule has 23 heavy (non-hydrogen) atoms. The molecule has 1 amide bonds. The molecule has 0 fully saturated rings. The van der Waals surface area contributed by atoms with Crippen LogP contribution < -0.4 is 11.0 Å². The summed E-state index contributed by atoms with van der Waals surface area (Å²) in [6.07, 6.45) is -4.87. The second-order valence-corrected chi connectivity index (χ2v) is 4.49. The van der Waals surface area contributed by atoms with Gasteiger partial charge in [-0.2, -0.15) is 13.2 Å². The monoisotopic (exact) mass is 336 g/mol. The molecule has 0 unspecified atom stereocenters. The summed E-state index contributed by atoms with van der Waals surface area (Å²) in [6, 6.07) is 2.28. The van der Waals surface area contributed by atoms with Gasteiger partial charge >= 0.3 is 11.9 Å². The minimum absolute atomic E-state index is 0.232. The number of nitrogens with one attached hydrogen (secondary N) is 1. The lowest BCUT2D eigenvalue weighted by Crippen LogP contribution is -2.29. The molecule has 0 atom stereocenters. The summed E-state index contributed by atoms with van der Waals surface area (Å²) in [5.41, 5.74) is -1.68. The normalized spacial score (nSPS) is 11.6. The first-order valence-corrected chi connectivity index (χ1v) is 6.05. The van der Waals surface area contributed by atoms with Crippen molar-refractivity contribution < 1.29 is 26.7 Å². The van der Waals surface area contributed by atoms with Crippen molar-refractivity contribution >= 4 is 11.6 Å². The molecule has 0 aliphatic rings. The van der Waals surface area contributed by atoms with Crippen LogP contribution in [0.2, 0.25) is 0 Å². The highest BCUT2D eigenvalue weighted by Crippen LogP contribution is 2.26. The number of carbonyl (C=O) groups excluding carboxylic acids is 1. The zero-order valence-corrected chi connectivity index (χ0v) is 11.5. The molecule has 0 radical (unpaired) electrons. The van der Waals surface area contributed by atoms with Gasteiger partial charge in [0.05, 0.1) is 5.69 Å². The SMILES string of the molecule is Cn1c(C(F)(F)F)nn(CC(=O)Nc2cc(F)ccc2F)c1=O. The minimum Gasteiger partial charge on any atom is -0.322 e. The second-order valence-electron chi connectivity index (χ2n) is 4.49. The smallest absolute Gasteiger partial charge is 0.322 e. The Hall–Kier alpha value is -2.72. The van der Waals surface area contributed by atoms with Gasteiger partial charge in [-0.1, -0.05) is 0 Å². The Morgan fingerprint density at radius 2 is 1.96 bits per heavy atom. The van der Waals surface area contributed by atoms with E-state index in [2.05, 4.69) is 5.10 Å². The lowest BCUT2D eigenvalue weighted by molar-refractivity contribution is -0.147. The van der Waals surface area contributed by atoms with Crippen LogP contribution in [0.3, 0.4) is 0 Å². The highest BCUT2D eigenvalue weighted by Gasteiger charge is 2.38. The van der Waals surface area contributed by atoms with Gasteiger partial charge in [-0.15, -0.1) is 5.10 Å². The van der Waals surface area contributed by atoms with Crippen molar-refractivity contribution in [1.29, 1.82) is 0 Å². The number of anilines is 1. The van der Waals surface area contributed by atoms with Gasteiger partial charge in [-0.05, 0) is 12.1 Å². The Kier molecular flexibility index (Phi) is 4.21. The number of aromatic nitrogens is 3. The first kappa shape index (κ1) is 16.6. The molecular formula is C12H9F5N4O2. The van der Waals surface area contributed by atoms with Gasteiger partial charge in [0.15, 0.2) is 0 Å². The molecule has 1 aromatic carbocycles. The molecule has 0 aliphatic carbocycles. The van der Waals surface area contributed by atoms with Gasteiger partial charge in [0, 0.05) is 13.1 Å². The van der Waals surface area contributed by atoms with E-state index in [1.807, 2.05) is 5.32 Å². The van der Waals surface area contributed by atoms with Gasteiger partial charge in [0.1, 0.15) is 18.2 Å². The van der Waals surface area contributed by atoms with Crippen molar-refractivity contribution in [2.75, 3.05) is 5.32 Å². The molecular weight excluding hydrogens is 327 g/mol. The summed E-state index contributed by atoms with van der Waals surface area (Å²) in [5.74, 6) is -4.28. The van der Waals surface area contributed by atoms with E-state index >= 15 is 0 Å². The highest BCUT2D eigenvalue weighted by atomic mass is 19.4. The van der Waals surface area contributed by atoms with Crippen LogP contribution in [0.5, 0.6) is 0 Å². The molecule has 0 saturated heterocycles. The van der Waals surface area contributed by atoms with E-state index < -0.39 is 47.5 Å². The summed E-state index contributed by atoms with van der Waals surface area (Å²) in [7, 11) is 0.846. The maximum Gasteiger partial charge on any atom is 0.451 e. The number of halogens is 5. The number of carbonyl (C=O) groups is 1. The lowest BCUT2D eigenvalue weighted by Gasteiger charge is -2.06. The van der Waals surface area contributed by atoms with Crippen LogP contribution in [0.15, 0.2) is 23.0 Å². The number of hydrogen-bond acceptors (Lipinski definition) is 3. The quantitative estimate of drug-likeness (QED) is 0.864. The standard InChI is InChI=1S/C12H9F5N4O2/c1-20-10(12(15,16)17)19-21(11(20)23)5-9(22)18-8-4-6(13)2-3-7(8)14/h2-4H,5H2,1H3,(H,18,22). The zero-order valence-electron chi connectivity index (χ0n) is 11.5. The van der Waals surface area contributed by atoms with Gasteiger partial charge in [0.25, 0.3) is 0 Å². The summed E-state index contributed by atoms with van der Waals surface area (Å²) in [4.78, 5) is 23.3. The Labute approximate surface area is 125 Å². The van der Waals surface area contributed by atoms with Crippen LogP contribution in [0, 0.1) is 11.6 Å². The molecule has 2 rings (SSSR count). The van der Waals surface area contributed by atoms with Crippen LogP contribution in [0.4, 0.5) is 27.6 Å². The van der Waals surface area contributed by atoms with E-state index in [0.29, 0.717) is 6.07 Å². The average Bonchev–Trinajstić information content (AvgIpc) is 2.71. The van der Waals surface area contributed by atoms with Crippen molar-refractivity contribution in [2.45, 2.75) is 12.7 Å². The Morgan fingerprint density at radius 1 is 1.30 bits per heavy atom. The fraction of sp³-hybridized carbons (Fsp3) is 0.250. The number of rotatable bonds is 3. The van der Waals surface area contributed by atoms with E-state index in [1.54, 1.807) is 0 Å². The molecule has 11 heteroatoms. The third kappa shape index (κ3) is 3.55. The van der Waals surface area contributed by atoms with Crippen LogP contribution in [0.25, 0.3) is 0 Å². The predicted molar refractivity (Wildman–Crippen MR) is 67.5 cm³/mol. The van der Waals surface area contributed by atoms with Crippen molar-refractivity contribution in [3.05, 3.63) is 46.1 Å². The number of alkyl halides is 3. The molecule has 1 aromatic heterocycles. The summed E-state index contributed by atoms with van der Waals surface area (Å²) < 4.78 is 64.6. The van der Waals surface area contributed by atoms with Crippen molar-refractivity contribution in [2.24, 2.45) is 7.05 Å². The van der Waals surface area contributed by atoms with Gasteiger partial charge in [-0.3, -0.25) is 9.36 Å². The second kappa shape index (κ2) is 5.82. The molecule has 0 bridgehead atoms. The third-order valence-corrected chi connectivity index (χ3v) is 2.79. The number of nitrogens with zero attached hydrogens (tertiary/aromatic N) is 3. The van der Waals surface area contributed by atoms with E-state index in [0.717, 1.165) is 19.2 Å². The van der Waals surface area contributed by atoms with Crippen LogP contribution >= 0.6 is 0 Å². The fourth-order valence-corrected chi connectivity index (χ4v) is 1.76. The van der Waals surface area contributed by atoms with E-state index in [9.17, 15) is 31.5 Å². The molecule has 0 saturated carbocycles. The van der Waals surface area contributed by atoms with E-state index in [4.69, 9.17) is 0 Å². The topological polar surface area (TPSA) is 68.9 Å². The maximum atomic E-state index is 13.4. The number of amides is 1. The van der Waals surface area contributed by atoms with Gasteiger partial charge in [0.2, 0.25) is 11.7 Å². The third-order valence-electron chi connectivity index (χ3n) is 2.79. The van der Waals surface area contributed by atoms with Gasteiger partial charge < -0.3 is 5.32 Å². The Morgan fingerprint density at radius 3 is 2.52 bits per heavy atom. The first-order valence-electron chi connectivity index (χ1n) is 6.05. The molecule has 2 aromatic rings. The number of hydrogen-bond donors (Lipinski definition) is 1. The summed E-state index contributed by atoms with van der Waals surface area (Å²) >= 11 is 0. The lowest BCUT2D eigenvalue weighted by atomic mass is 10.3.